The summed E-state index contributed by atoms with van der Waals surface area (Å²) >= 11 is 1.50. The van der Waals surface area contributed by atoms with Crippen LogP contribution >= 0.6 is 11.8 Å². The second-order valence-corrected chi connectivity index (χ2v) is 11.1. The van der Waals surface area contributed by atoms with Crippen molar-refractivity contribution in [1.29, 1.82) is 0 Å². The maximum Gasteiger partial charge on any atom is 0.471 e. The van der Waals surface area contributed by atoms with Crippen LogP contribution in [0.25, 0.3) is 0 Å². The SMILES string of the molecule is Cn1cnnc1SC[C@@H]1C[C@H](c2ccc(CO)cc2)O[C@H](c2cccc(NC(=O)[C@@H]3CCCN3C(=O)C(F)(F)F)c2)O1. The smallest absolute Gasteiger partial charge is 0.392 e. The summed E-state index contributed by atoms with van der Waals surface area (Å²) in [6.07, 6.45) is -3.81. The van der Waals surface area contributed by atoms with Crippen LogP contribution in [0.4, 0.5) is 18.9 Å². The second kappa shape index (κ2) is 12.8. The second-order valence-electron chi connectivity index (χ2n) is 10.2. The van der Waals surface area contributed by atoms with Crippen LogP contribution in [0.1, 0.15) is 48.3 Å². The molecule has 0 spiro atoms. The van der Waals surface area contributed by atoms with Crippen molar-refractivity contribution in [3.8, 4) is 0 Å². The number of aromatic nitrogens is 3. The molecule has 42 heavy (non-hydrogen) atoms. The van der Waals surface area contributed by atoms with Crippen LogP contribution in [-0.4, -0.2) is 67.2 Å². The maximum absolute atomic E-state index is 13.0. The monoisotopic (exact) mass is 605 g/mol. The van der Waals surface area contributed by atoms with Gasteiger partial charge in [-0.2, -0.15) is 13.2 Å². The fourth-order valence-electron chi connectivity index (χ4n) is 5.03. The lowest BCUT2D eigenvalue weighted by atomic mass is 10.0. The molecule has 2 aliphatic heterocycles. The first-order chi connectivity index (χ1) is 20.1. The predicted octanol–water partition coefficient (Wildman–Crippen LogP) is 4.14. The Bertz CT molecular complexity index is 1400. The summed E-state index contributed by atoms with van der Waals surface area (Å²) in [5.41, 5.74) is 2.63. The lowest BCUT2D eigenvalue weighted by molar-refractivity contribution is -0.245. The molecular formula is C28H30F3N5O5S. The molecule has 14 heteroatoms. The van der Waals surface area contributed by atoms with Crippen molar-refractivity contribution in [2.45, 2.75) is 61.7 Å². The molecule has 2 fully saturated rings. The van der Waals surface area contributed by atoms with Crippen LogP contribution in [0, 0.1) is 0 Å². The minimum absolute atomic E-state index is 0.0734. The molecule has 224 valence electrons. The third kappa shape index (κ3) is 6.94. The normalized spacial score (nSPS) is 22.7. The largest absolute Gasteiger partial charge is 0.471 e. The van der Waals surface area contributed by atoms with E-state index in [2.05, 4.69) is 15.5 Å². The van der Waals surface area contributed by atoms with Crippen molar-refractivity contribution in [1.82, 2.24) is 19.7 Å². The number of aryl methyl sites for hydroxylation is 1. The zero-order valence-electron chi connectivity index (χ0n) is 22.7. The van der Waals surface area contributed by atoms with E-state index in [1.54, 1.807) is 30.6 Å². The highest BCUT2D eigenvalue weighted by Gasteiger charge is 2.47. The van der Waals surface area contributed by atoms with Gasteiger partial charge in [0.1, 0.15) is 12.4 Å². The number of carbonyl (C=O) groups excluding carboxylic acids is 2. The van der Waals surface area contributed by atoms with E-state index in [1.165, 1.54) is 11.8 Å². The number of aliphatic hydroxyl groups is 1. The number of nitrogens with one attached hydrogen (secondary N) is 1. The zero-order valence-corrected chi connectivity index (χ0v) is 23.5. The molecule has 0 aliphatic carbocycles. The van der Waals surface area contributed by atoms with Crippen molar-refractivity contribution in [2.24, 2.45) is 7.05 Å². The van der Waals surface area contributed by atoms with Gasteiger partial charge in [0.05, 0.1) is 18.8 Å². The summed E-state index contributed by atoms with van der Waals surface area (Å²) in [6, 6.07) is 13.0. The third-order valence-electron chi connectivity index (χ3n) is 7.17. The number of nitrogens with zero attached hydrogens (tertiary/aromatic N) is 4. The fraction of sp³-hybridized carbons (Fsp3) is 0.429. The molecule has 2 saturated heterocycles. The summed E-state index contributed by atoms with van der Waals surface area (Å²) in [6.45, 7) is -0.204. The first-order valence-electron chi connectivity index (χ1n) is 13.4. The van der Waals surface area contributed by atoms with Gasteiger partial charge in [-0.1, -0.05) is 48.2 Å². The molecule has 2 N–H and O–H groups in total. The number of hydrogen-bond acceptors (Lipinski definition) is 8. The number of halogens is 3. The Morgan fingerprint density at radius 1 is 1.14 bits per heavy atom. The molecule has 2 aliphatic rings. The van der Waals surface area contributed by atoms with Crippen LogP contribution in [0.5, 0.6) is 0 Å². The highest BCUT2D eigenvalue weighted by atomic mass is 32.2. The van der Waals surface area contributed by atoms with Crippen LogP contribution in [0.2, 0.25) is 0 Å². The van der Waals surface area contributed by atoms with Gasteiger partial charge in [-0.25, -0.2) is 0 Å². The molecule has 3 aromatic rings. The number of rotatable bonds is 8. The number of amides is 2. The Kier molecular flexibility index (Phi) is 9.16. The predicted molar refractivity (Wildman–Crippen MR) is 146 cm³/mol. The van der Waals surface area contributed by atoms with Gasteiger partial charge in [0.2, 0.25) is 5.91 Å². The van der Waals surface area contributed by atoms with Gasteiger partial charge in [-0.15, -0.1) is 10.2 Å². The van der Waals surface area contributed by atoms with Crippen molar-refractivity contribution < 1.29 is 37.3 Å². The number of thioether (sulfide) groups is 1. The van der Waals surface area contributed by atoms with E-state index in [9.17, 15) is 27.9 Å². The molecule has 0 bridgehead atoms. The van der Waals surface area contributed by atoms with Gasteiger partial charge < -0.3 is 29.4 Å². The number of benzene rings is 2. The number of hydrogen-bond donors (Lipinski definition) is 2. The Hall–Kier alpha value is -3.46. The first kappa shape index (κ1) is 30.0. The number of ether oxygens (including phenoxy) is 2. The molecule has 3 heterocycles. The Labute approximate surface area is 244 Å². The van der Waals surface area contributed by atoms with Crippen LogP contribution in [-0.2, 0) is 32.7 Å². The number of aliphatic hydroxyl groups excluding tert-OH is 1. The highest BCUT2D eigenvalue weighted by Crippen LogP contribution is 2.40. The van der Waals surface area contributed by atoms with Crippen LogP contribution in [0.3, 0.4) is 0 Å². The molecule has 10 nitrogen and oxygen atoms in total. The van der Waals surface area contributed by atoms with Crippen LogP contribution in [0.15, 0.2) is 60.0 Å². The molecule has 0 unspecified atom stereocenters. The zero-order chi connectivity index (χ0) is 29.9. The van der Waals surface area contributed by atoms with E-state index in [0.29, 0.717) is 34.7 Å². The van der Waals surface area contributed by atoms with E-state index in [1.807, 2.05) is 35.9 Å². The van der Waals surface area contributed by atoms with E-state index < -0.39 is 30.3 Å². The first-order valence-corrected chi connectivity index (χ1v) is 14.4. The van der Waals surface area contributed by atoms with Crippen molar-refractivity contribution in [3.05, 3.63) is 71.5 Å². The fourth-order valence-corrected chi connectivity index (χ4v) is 5.93. The Balaban J connectivity index is 1.32. The summed E-state index contributed by atoms with van der Waals surface area (Å²) in [4.78, 5) is 25.3. The maximum atomic E-state index is 13.0. The molecular weight excluding hydrogens is 575 g/mol. The van der Waals surface area contributed by atoms with E-state index in [-0.39, 0.29) is 31.8 Å². The molecule has 1 aromatic heterocycles. The number of carbonyl (C=O) groups is 2. The van der Waals surface area contributed by atoms with Gasteiger partial charge in [0.25, 0.3) is 0 Å². The van der Waals surface area contributed by atoms with E-state index in [0.717, 1.165) is 16.3 Å². The standard InChI is InChI=1S/C28H30F3N5O5S/c1-35-16-32-34-27(35)42-15-21-13-23(18-9-7-17(14-37)8-10-18)41-25(40-21)19-4-2-5-20(12-19)33-24(38)22-6-3-11-36(22)26(39)28(29,30)31/h2,4-5,7-10,12,16,21-23,25,37H,3,6,11,13-15H2,1H3,(H,33,38)/t21-,22-,23+,25+/m0/s1. The van der Waals surface area contributed by atoms with Gasteiger partial charge >= 0.3 is 12.1 Å². The molecule has 2 amide bonds. The average molecular weight is 606 g/mol. The number of anilines is 1. The summed E-state index contributed by atoms with van der Waals surface area (Å²) < 4.78 is 53.6. The van der Waals surface area contributed by atoms with Gasteiger partial charge in [-0.05, 0) is 36.1 Å². The molecule has 5 rings (SSSR count). The third-order valence-corrected chi connectivity index (χ3v) is 8.33. The average Bonchev–Trinajstić information content (AvgIpc) is 3.64. The van der Waals surface area contributed by atoms with Crippen molar-refractivity contribution in [2.75, 3.05) is 17.6 Å². The molecule has 2 aromatic carbocycles. The molecule has 0 radical (unpaired) electrons. The Morgan fingerprint density at radius 2 is 1.93 bits per heavy atom. The topological polar surface area (TPSA) is 119 Å². The minimum atomic E-state index is -5.05. The highest BCUT2D eigenvalue weighted by molar-refractivity contribution is 7.99. The van der Waals surface area contributed by atoms with Gasteiger partial charge in [-0.3, -0.25) is 9.59 Å². The van der Waals surface area contributed by atoms with E-state index in [4.69, 9.17) is 9.47 Å². The number of alkyl halides is 3. The summed E-state index contributed by atoms with van der Waals surface area (Å²) in [7, 11) is 1.85. The van der Waals surface area contributed by atoms with Gasteiger partial charge in [0, 0.05) is 37.0 Å². The molecule has 0 saturated carbocycles. The summed E-state index contributed by atoms with van der Waals surface area (Å²) in [5, 5.41) is 20.8. The summed E-state index contributed by atoms with van der Waals surface area (Å²) in [5.74, 6) is -2.13. The van der Waals surface area contributed by atoms with Crippen LogP contribution < -0.4 is 5.32 Å². The number of likely N-dealkylation sites (tertiary alicyclic amines) is 1. The van der Waals surface area contributed by atoms with Gasteiger partial charge in [0.15, 0.2) is 11.4 Å². The Morgan fingerprint density at radius 3 is 2.62 bits per heavy atom. The quantitative estimate of drug-likeness (QED) is 0.368. The lowest BCUT2D eigenvalue weighted by Gasteiger charge is -2.36. The molecule has 4 atom stereocenters. The van der Waals surface area contributed by atoms with Crippen molar-refractivity contribution in [3.63, 3.8) is 0 Å². The lowest BCUT2D eigenvalue weighted by Crippen LogP contribution is -2.48. The van der Waals surface area contributed by atoms with Crippen molar-refractivity contribution >= 4 is 29.3 Å². The minimum Gasteiger partial charge on any atom is -0.392 e. The van der Waals surface area contributed by atoms with E-state index >= 15 is 0 Å².